The van der Waals surface area contributed by atoms with E-state index in [-0.39, 0.29) is 11.3 Å². The zero-order chi connectivity index (χ0) is 10.8. The normalized spacial score (nSPS) is 10.1. The summed E-state index contributed by atoms with van der Waals surface area (Å²) in [5.74, 6) is -1.14. The highest BCUT2D eigenvalue weighted by Crippen LogP contribution is 2.27. The molecule has 74 valence electrons. The maximum atomic E-state index is 11.0. The molecule has 0 bridgehead atoms. The number of fused-ring (bicyclic) bond motifs is 1. The van der Waals surface area contributed by atoms with Crippen molar-refractivity contribution in [2.75, 3.05) is 0 Å². The highest BCUT2D eigenvalue weighted by atomic mass is 16.4. The van der Waals surface area contributed by atoms with Gasteiger partial charge in [-0.1, -0.05) is 30.3 Å². The van der Waals surface area contributed by atoms with Crippen molar-refractivity contribution in [3.63, 3.8) is 0 Å². The molecule has 0 fully saturated rings. The van der Waals surface area contributed by atoms with Gasteiger partial charge in [-0.15, -0.1) is 4.91 Å². The van der Waals surface area contributed by atoms with Crippen molar-refractivity contribution in [2.45, 2.75) is 0 Å². The average Bonchev–Trinajstić information content (AvgIpc) is 2.27. The summed E-state index contributed by atoms with van der Waals surface area (Å²) in [6.45, 7) is 0. The molecule has 0 unspecified atom stereocenters. The van der Waals surface area contributed by atoms with Crippen LogP contribution in [0.4, 0.5) is 5.69 Å². The minimum atomic E-state index is -1.14. The minimum absolute atomic E-state index is 0.0388. The lowest BCUT2D eigenvalue weighted by Gasteiger charge is -2.03. The first-order valence-electron chi connectivity index (χ1n) is 4.32. The van der Waals surface area contributed by atoms with E-state index in [4.69, 9.17) is 5.11 Å². The third-order valence-corrected chi connectivity index (χ3v) is 2.22. The van der Waals surface area contributed by atoms with E-state index in [2.05, 4.69) is 5.18 Å². The number of hydrogen-bond acceptors (Lipinski definition) is 3. The Labute approximate surface area is 85.1 Å². The van der Waals surface area contributed by atoms with Crippen molar-refractivity contribution in [1.82, 2.24) is 0 Å². The Morgan fingerprint density at radius 1 is 1.13 bits per heavy atom. The molecule has 2 aromatic rings. The molecule has 4 heteroatoms. The number of carboxylic acids is 1. The summed E-state index contributed by atoms with van der Waals surface area (Å²) in [4.78, 5) is 21.5. The van der Waals surface area contributed by atoms with E-state index in [1.165, 1.54) is 6.07 Å². The van der Waals surface area contributed by atoms with Gasteiger partial charge in [0.2, 0.25) is 0 Å². The van der Waals surface area contributed by atoms with Gasteiger partial charge in [0.25, 0.3) is 0 Å². The van der Waals surface area contributed by atoms with Gasteiger partial charge in [0.15, 0.2) is 0 Å². The van der Waals surface area contributed by atoms with Gasteiger partial charge < -0.3 is 5.11 Å². The van der Waals surface area contributed by atoms with E-state index in [1.54, 1.807) is 24.3 Å². The zero-order valence-corrected chi connectivity index (χ0v) is 7.68. The summed E-state index contributed by atoms with van der Waals surface area (Å²) in [7, 11) is 0. The topological polar surface area (TPSA) is 66.7 Å². The lowest BCUT2D eigenvalue weighted by molar-refractivity contribution is 0.0700. The van der Waals surface area contributed by atoms with Gasteiger partial charge in [0.05, 0.1) is 5.56 Å². The lowest BCUT2D eigenvalue weighted by atomic mass is 10.0. The van der Waals surface area contributed by atoms with E-state index in [0.29, 0.717) is 5.39 Å². The van der Waals surface area contributed by atoms with Gasteiger partial charge in [0, 0.05) is 0 Å². The maximum Gasteiger partial charge on any atom is 0.338 e. The number of benzene rings is 2. The SMILES string of the molecule is O=Nc1ccc2ccccc2c1C(=O)O. The molecular formula is C11H7NO3. The monoisotopic (exact) mass is 201 g/mol. The Balaban J connectivity index is 2.90. The van der Waals surface area contributed by atoms with Crippen molar-refractivity contribution in [3.8, 4) is 0 Å². The molecule has 1 N–H and O–H groups in total. The third-order valence-electron chi connectivity index (χ3n) is 2.22. The fraction of sp³-hybridized carbons (Fsp3) is 0. The number of rotatable bonds is 2. The van der Waals surface area contributed by atoms with E-state index < -0.39 is 5.97 Å². The van der Waals surface area contributed by atoms with Gasteiger partial charge in [0.1, 0.15) is 5.69 Å². The maximum absolute atomic E-state index is 11.0. The van der Waals surface area contributed by atoms with E-state index >= 15 is 0 Å². The Morgan fingerprint density at radius 2 is 1.87 bits per heavy atom. The van der Waals surface area contributed by atoms with Crippen LogP contribution in [-0.2, 0) is 0 Å². The molecule has 2 rings (SSSR count). The van der Waals surface area contributed by atoms with Crippen molar-refractivity contribution in [1.29, 1.82) is 0 Å². The zero-order valence-electron chi connectivity index (χ0n) is 7.68. The Morgan fingerprint density at radius 3 is 2.53 bits per heavy atom. The van der Waals surface area contributed by atoms with Gasteiger partial charge in [-0.2, -0.15) is 0 Å². The molecule has 0 spiro atoms. The second-order valence-corrected chi connectivity index (χ2v) is 3.08. The summed E-state index contributed by atoms with van der Waals surface area (Å²) >= 11 is 0. The molecule has 0 saturated carbocycles. The predicted molar refractivity (Wildman–Crippen MR) is 56.4 cm³/mol. The summed E-state index contributed by atoms with van der Waals surface area (Å²) in [5.41, 5.74) is -0.0794. The van der Waals surface area contributed by atoms with Crippen LogP contribution in [0, 0.1) is 4.91 Å². The van der Waals surface area contributed by atoms with E-state index in [1.807, 2.05) is 6.07 Å². The van der Waals surface area contributed by atoms with Crippen LogP contribution in [0.3, 0.4) is 0 Å². The van der Waals surface area contributed by atoms with Gasteiger partial charge in [-0.05, 0) is 22.0 Å². The van der Waals surface area contributed by atoms with Crippen LogP contribution in [-0.4, -0.2) is 11.1 Å². The first kappa shape index (κ1) is 9.33. The Kier molecular flexibility index (Phi) is 2.17. The van der Waals surface area contributed by atoms with Crippen LogP contribution in [0.1, 0.15) is 10.4 Å². The van der Waals surface area contributed by atoms with E-state index in [0.717, 1.165) is 5.39 Å². The molecule has 0 aliphatic carbocycles. The predicted octanol–water partition coefficient (Wildman–Crippen LogP) is 2.94. The van der Waals surface area contributed by atoms with Crippen LogP contribution < -0.4 is 0 Å². The Hall–Kier alpha value is -2.23. The third kappa shape index (κ3) is 1.46. The molecule has 0 aliphatic heterocycles. The second-order valence-electron chi connectivity index (χ2n) is 3.08. The van der Waals surface area contributed by atoms with Crippen molar-refractivity contribution < 1.29 is 9.90 Å². The van der Waals surface area contributed by atoms with Gasteiger partial charge >= 0.3 is 5.97 Å². The molecule has 2 aromatic carbocycles. The molecule has 4 nitrogen and oxygen atoms in total. The first-order valence-corrected chi connectivity index (χ1v) is 4.32. The van der Waals surface area contributed by atoms with Crippen LogP contribution in [0.5, 0.6) is 0 Å². The smallest absolute Gasteiger partial charge is 0.338 e. The Bertz CT molecular complexity index is 549. The molecule has 0 saturated heterocycles. The van der Waals surface area contributed by atoms with Crippen LogP contribution in [0.2, 0.25) is 0 Å². The fourth-order valence-electron chi connectivity index (χ4n) is 1.56. The number of carbonyl (C=O) groups is 1. The number of carboxylic acid groups (broad SMARTS) is 1. The van der Waals surface area contributed by atoms with Crippen LogP contribution in [0.25, 0.3) is 10.8 Å². The molecule has 0 radical (unpaired) electrons. The standard InChI is InChI=1S/C11H7NO3/c13-11(14)10-8-4-2-1-3-7(8)5-6-9(10)12-15/h1-6H,(H,13,14). The number of nitroso groups, excluding NO2 is 1. The number of aromatic carboxylic acids is 1. The van der Waals surface area contributed by atoms with Crippen molar-refractivity contribution in [2.24, 2.45) is 5.18 Å². The molecular weight excluding hydrogens is 194 g/mol. The quantitative estimate of drug-likeness (QED) is 0.759. The van der Waals surface area contributed by atoms with Gasteiger partial charge in [-0.25, -0.2) is 4.79 Å². The number of nitrogens with zero attached hydrogens (tertiary/aromatic N) is 1. The summed E-state index contributed by atoms with van der Waals surface area (Å²) in [6, 6.07) is 10.1. The molecule has 0 aromatic heterocycles. The highest BCUT2D eigenvalue weighted by molar-refractivity contribution is 6.08. The van der Waals surface area contributed by atoms with Crippen LogP contribution >= 0.6 is 0 Å². The summed E-state index contributed by atoms with van der Waals surface area (Å²) in [5, 5.41) is 13.0. The summed E-state index contributed by atoms with van der Waals surface area (Å²) < 4.78 is 0. The van der Waals surface area contributed by atoms with Crippen molar-refractivity contribution in [3.05, 3.63) is 46.9 Å². The molecule has 0 aliphatic rings. The number of hydrogen-bond donors (Lipinski definition) is 1. The minimum Gasteiger partial charge on any atom is -0.478 e. The largest absolute Gasteiger partial charge is 0.478 e. The van der Waals surface area contributed by atoms with Crippen LogP contribution in [0.15, 0.2) is 41.6 Å². The average molecular weight is 201 g/mol. The van der Waals surface area contributed by atoms with Gasteiger partial charge in [-0.3, -0.25) is 0 Å². The molecule has 0 amide bonds. The second kappa shape index (κ2) is 3.49. The van der Waals surface area contributed by atoms with E-state index in [9.17, 15) is 9.70 Å². The molecule has 0 heterocycles. The molecule has 0 atom stereocenters. The summed E-state index contributed by atoms with van der Waals surface area (Å²) in [6.07, 6.45) is 0. The first-order chi connectivity index (χ1) is 7.24. The lowest BCUT2D eigenvalue weighted by Crippen LogP contribution is -1.97. The highest BCUT2D eigenvalue weighted by Gasteiger charge is 2.14. The molecule has 15 heavy (non-hydrogen) atoms. The fourth-order valence-corrected chi connectivity index (χ4v) is 1.56. The van der Waals surface area contributed by atoms with Crippen molar-refractivity contribution >= 4 is 22.4 Å².